The molecule has 8 nitrogen and oxygen atoms in total. The molecule has 1 saturated heterocycles. The molecule has 0 spiro atoms. The van der Waals surface area contributed by atoms with Gasteiger partial charge in [0.15, 0.2) is 5.82 Å². The number of aryl methyl sites for hydroxylation is 3. The maximum absolute atomic E-state index is 9.84. The van der Waals surface area contributed by atoms with Gasteiger partial charge in [-0.3, -0.25) is 9.67 Å². The molecule has 0 amide bonds. The highest BCUT2D eigenvalue weighted by molar-refractivity contribution is 5.43. The highest BCUT2D eigenvalue weighted by Gasteiger charge is 2.35. The number of aliphatic hydroxyl groups excluding tert-OH is 1. The molecule has 1 aliphatic heterocycles. The Balaban J connectivity index is 1.62. The Morgan fingerprint density at radius 1 is 1.15 bits per heavy atom. The molecule has 0 radical (unpaired) electrons. The number of hydrogen-bond donors (Lipinski definition) is 1. The summed E-state index contributed by atoms with van der Waals surface area (Å²) in [7, 11) is 1.91. The van der Waals surface area contributed by atoms with E-state index in [4.69, 9.17) is 4.98 Å². The summed E-state index contributed by atoms with van der Waals surface area (Å²) in [5.41, 5.74) is 3.13. The molecule has 0 aliphatic carbocycles. The average Bonchev–Trinajstić information content (AvgIpc) is 3.33. The lowest BCUT2D eigenvalue weighted by Gasteiger charge is -2.17. The molecule has 2 atom stereocenters. The summed E-state index contributed by atoms with van der Waals surface area (Å²) in [6, 6.07) is 2.02. The zero-order chi connectivity index (χ0) is 18.3. The van der Waals surface area contributed by atoms with Gasteiger partial charge in [-0.1, -0.05) is 0 Å². The van der Waals surface area contributed by atoms with E-state index in [9.17, 15) is 5.11 Å². The fraction of sp³-hybridized carbons (Fsp3) is 0.444. The third-order valence-electron chi connectivity index (χ3n) is 4.99. The van der Waals surface area contributed by atoms with Gasteiger partial charge in [0.1, 0.15) is 5.82 Å². The lowest BCUT2D eigenvalue weighted by atomic mass is 9.92. The van der Waals surface area contributed by atoms with Gasteiger partial charge in [-0.05, 0) is 25.5 Å². The van der Waals surface area contributed by atoms with Crippen LogP contribution in [0.1, 0.15) is 22.9 Å². The maximum Gasteiger partial charge on any atom is 0.174 e. The fourth-order valence-electron chi connectivity index (χ4n) is 3.71. The summed E-state index contributed by atoms with van der Waals surface area (Å²) in [6.07, 6.45) is 7.40. The first kappa shape index (κ1) is 16.7. The van der Waals surface area contributed by atoms with Gasteiger partial charge in [0.25, 0.3) is 0 Å². The van der Waals surface area contributed by atoms with Crippen LogP contribution in [0.3, 0.4) is 0 Å². The van der Waals surface area contributed by atoms with Gasteiger partial charge in [0, 0.05) is 50.5 Å². The van der Waals surface area contributed by atoms with Crippen LogP contribution in [0.15, 0.2) is 30.9 Å². The van der Waals surface area contributed by atoms with Gasteiger partial charge < -0.3 is 10.0 Å². The first-order valence-electron chi connectivity index (χ1n) is 8.75. The molecule has 1 N–H and O–H groups in total. The number of nitrogens with zero attached hydrogens (tertiary/aromatic N) is 7. The Hall–Kier alpha value is -2.74. The van der Waals surface area contributed by atoms with Crippen molar-refractivity contribution < 1.29 is 5.11 Å². The largest absolute Gasteiger partial charge is 0.396 e. The summed E-state index contributed by atoms with van der Waals surface area (Å²) in [6.45, 7) is 5.63. The molecule has 1 fully saturated rings. The minimum Gasteiger partial charge on any atom is -0.396 e. The predicted octanol–water partition coefficient (Wildman–Crippen LogP) is 1.22. The minimum absolute atomic E-state index is 0.140. The SMILES string of the molecule is Cc1cc(C)n(-c2cncc(N3C[C@@H](CO)[C@H](c4cnn(C)c4)C3)n2)n1. The number of anilines is 1. The molecule has 0 aromatic carbocycles. The first-order valence-corrected chi connectivity index (χ1v) is 8.75. The molecule has 136 valence electrons. The van der Waals surface area contributed by atoms with Gasteiger partial charge >= 0.3 is 0 Å². The third kappa shape index (κ3) is 2.96. The molecular formula is C18H23N7O. The second kappa shape index (κ2) is 6.53. The van der Waals surface area contributed by atoms with Crippen LogP contribution in [0.5, 0.6) is 0 Å². The van der Waals surface area contributed by atoms with Gasteiger partial charge in [-0.2, -0.15) is 10.2 Å². The van der Waals surface area contributed by atoms with E-state index in [1.807, 2.05) is 44.0 Å². The van der Waals surface area contributed by atoms with E-state index in [-0.39, 0.29) is 18.4 Å². The molecule has 0 unspecified atom stereocenters. The van der Waals surface area contributed by atoms with E-state index >= 15 is 0 Å². The Kier molecular flexibility index (Phi) is 4.20. The topological polar surface area (TPSA) is 84.9 Å². The van der Waals surface area contributed by atoms with Gasteiger partial charge in [-0.15, -0.1) is 0 Å². The summed E-state index contributed by atoms with van der Waals surface area (Å²) >= 11 is 0. The van der Waals surface area contributed by atoms with Crippen molar-refractivity contribution in [2.24, 2.45) is 13.0 Å². The Labute approximate surface area is 152 Å². The van der Waals surface area contributed by atoms with Crippen LogP contribution in [0.25, 0.3) is 5.82 Å². The van der Waals surface area contributed by atoms with Crippen molar-refractivity contribution in [3.63, 3.8) is 0 Å². The summed E-state index contributed by atoms with van der Waals surface area (Å²) in [5, 5.41) is 18.6. The highest BCUT2D eigenvalue weighted by Crippen LogP contribution is 2.34. The number of hydrogen-bond acceptors (Lipinski definition) is 6. The molecule has 3 aromatic rings. The molecule has 0 bridgehead atoms. The monoisotopic (exact) mass is 353 g/mol. The second-order valence-electron chi connectivity index (χ2n) is 6.98. The quantitative estimate of drug-likeness (QED) is 0.759. The standard InChI is InChI=1S/C18H23N7O/c1-12-4-13(2)25(22-12)18-7-19-6-17(21-18)24-9-15(11-26)16(10-24)14-5-20-23(3)8-14/h4-8,15-16,26H,9-11H2,1-3H3/t15-,16-/m0/s1. The van der Waals surface area contributed by atoms with Crippen molar-refractivity contribution in [3.8, 4) is 5.82 Å². The molecule has 1 aliphatic rings. The molecule has 4 rings (SSSR count). The van der Waals surface area contributed by atoms with E-state index < -0.39 is 0 Å². The lowest BCUT2D eigenvalue weighted by Crippen LogP contribution is -2.22. The first-order chi connectivity index (χ1) is 12.5. The summed E-state index contributed by atoms with van der Waals surface area (Å²) < 4.78 is 3.61. The summed E-state index contributed by atoms with van der Waals surface area (Å²) in [5.74, 6) is 1.89. The van der Waals surface area contributed by atoms with E-state index in [2.05, 4.69) is 20.1 Å². The van der Waals surface area contributed by atoms with Crippen LogP contribution in [0.2, 0.25) is 0 Å². The number of aliphatic hydroxyl groups is 1. The van der Waals surface area contributed by atoms with E-state index in [1.54, 1.807) is 17.1 Å². The maximum atomic E-state index is 9.84. The van der Waals surface area contributed by atoms with Crippen LogP contribution in [0, 0.1) is 19.8 Å². The highest BCUT2D eigenvalue weighted by atomic mass is 16.3. The Bertz CT molecular complexity index is 916. The van der Waals surface area contributed by atoms with Crippen molar-refractivity contribution in [2.45, 2.75) is 19.8 Å². The normalized spacial score (nSPS) is 20.1. The Morgan fingerprint density at radius 3 is 2.62 bits per heavy atom. The van der Waals surface area contributed by atoms with E-state index in [0.29, 0.717) is 5.82 Å². The van der Waals surface area contributed by atoms with E-state index in [1.165, 1.54) is 0 Å². The van der Waals surface area contributed by atoms with Crippen LogP contribution < -0.4 is 4.90 Å². The minimum atomic E-state index is 0.140. The number of rotatable bonds is 4. The molecule has 0 saturated carbocycles. The molecule has 8 heteroatoms. The predicted molar refractivity (Wildman–Crippen MR) is 97.4 cm³/mol. The van der Waals surface area contributed by atoms with Crippen molar-refractivity contribution in [1.29, 1.82) is 0 Å². The zero-order valence-corrected chi connectivity index (χ0v) is 15.2. The molecule has 26 heavy (non-hydrogen) atoms. The third-order valence-corrected chi connectivity index (χ3v) is 4.99. The van der Waals surface area contributed by atoms with Crippen molar-refractivity contribution >= 4 is 5.82 Å². The van der Waals surface area contributed by atoms with Crippen molar-refractivity contribution in [3.05, 3.63) is 47.8 Å². The van der Waals surface area contributed by atoms with Crippen LogP contribution >= 0.6 is 0 Å². The van der Waals surface area contributed by atoms with Crippen LogP contribution in [-0.2, 0) is 7.05 Å². The van der Waals surface area contributed by atoms with E-state index in [0.717, 1.165) is 35.9 Å². The molecule has 4 heterocycles. The lowest BCUT2D eigenvalue weighted by molar-refractivity contribution is 0.227. The summed E-state index contributed by atoms with van der Waals surface area (Å²) in [4.78, 5) is 11.3. The molecule has 3 aromatic heterocycles. The average molecular weight is 353 g/mol. The zero-order valence-electron chi connectivity index (χ0n) is 15.2. The smallest absolute Gasteiger partial charge is 0.174 e. The second-order valence-corrected chi connectivity index (χ2v) is 6.98. The van der Waals surface area contributed by atoms with Crippen LogP contribution in [0.4, 0.5) is 5.82 Å². The van der Waals surface area contributed by atoms with Crippen molar-refractivity contribution in [2.75, 3.05) is 24.6 Å². The Morgan fingerprint density at radius 2 is 1.96 bits per heavy atom. The van der Waals surface area contributed by atoms with Crippen molar-refractivity contribution in [1.82, 2.24) is 29.5 Å². The number of aromatic nitrogens is 6. The van der Waals surface area contributed by atoms with Crippen LogP contribution in [-0.4, -0.2) is 54.3 Å². The van der Waals surface area contributed by atoms with Gasteiger partial charge in [0.05, 0.1) is 24.3 Å². The van der Waals surface area contributed by atoms with Gasteiger partial charge in [-0.25, -0.2) is 9.67 Å². The van der Waals surface area contributed by atoms with Gasteiger partial charge in [0.2, 0.25) is 0 Å². The molecular weight excluding hydrogens is 330 g/mol. The fourth-order valence-corrected chi connectivity index (χ4v) is 3.71.